The molecular weight excluding hydrogens is 300 g/mol. The molecule has 2 aromatic rings. The van der Waals surface area contributed by atoms with Gasteiger partial charge in [-0.05, 0) is 25.1 Å². The van der Waals surface area contributed by atoms with Gasteiger partial charge in [0.1, 0.15) is 5.82 Å². The van der Waals surface area contributed by atoms with E-state index in [0.717, 1.165) is 51.8 Å². The minimum atomic E-state index is 0.930. The second-order valence-corrected chi connectivity index (χ2v) is 6.36. The van der Waals surface area contributed by atoms with Gasteiger partial charge in [-0.25, -0.2) is 4.98 Å². The monoisotopic (exact) mass is 324 g/mol. The molecule has 24 heavy (non-hydrogen) atoms. The van der Waals surface area contributed by atoms with Crippen molar-refractivity contribution in [2.45, 2.75) is 6.42 Å². The first kappa shape index (κ1) is 15.2. The number of benzene rings is 1. The smallest absolute Gasteiger partial charge is 0.147 e. The lowest BCUT2D eigenvalue weighted by Gasteiger charge is -2.35. The molecule has 126 valence electrons. The second-order valence-electron chi connectivity index (χ2n) is 6.36. The highest BCUT2D eigenvalue weighted by Gasteiger charge is 2.20. The molecule has 3 heterocycles. The summed E-state index contributed by atoms with van der Waals surface area (Å²) in [5.74, 6) is 0.997. The van der Waals surface area contributed by atoms with Crippen LogP contribution < -0.4 is 15.1 Å². The van der Waals surface area contributed by atoms with Gasteiger partial charge >= 0.3 is 0 Å². The largest absolute Gasteiger partial charge is 0.366 e. The van der Waals surface area contributed by atoms with Crippen molar-refractivity contribution in [1.82, 2.24) is 14.9 Å². The van der Waals surface area contributed by atoms with Crippen LogP contribution in [0.5, 0.6) is 0 Å². The Bertz CT molecular complexity index is 654. The lowest BCUT2D eigenvalue weighted by molar-refractivity contribution is 0.255. The number of hydrogen-bond donors (Lipinski definition) is 1. The van der Waals surface area contributed by atoms with Gasteiger partial charge in [-0.1, -0.05) is 12.1 Å². The molecule has 0 spiro atoms. The highest BCUT2D eigenvalue weighted by atomic mass is 15.3. The van der Waals surface area contributed by atoms with Crippen molar-refractivity contribution >= 4 is 17.2 Å². The summed E-state index contributed by atoms with van der Waals surface area (Å²) < 4.78 is 0. The molecular formula is C18H24N6. The third kappa shape index (κ3) is 3.28. The number of rotatable bonds is 5. The Morgan fingerprint density at radius 3 is 2.71 bits per heavy atom. The van der Waals surface area contributed by atoms with Gasteiger partial charge in [0.2, 0.25) is 0 Å². The van der Waals surface area contributed by atoms with E-state index in [0.29, 0.717) is 0 Å². The molecule has 0 unspecified atom stereocenters. The van der Waals surface area contributed by atoms with Gasteiger partial charge < -0.3 is 15.1 Å². The summed E-state index contributed by atoms with van der Waals surface area (Å²) in [5.41, 5.74) is 2.60. The Kier molecular flexibility index (Phi) is 4.46. The minimum absolute atomic E-state index is 0.930. The Balaban J connectivity index is 1.21. The number of fused-ring (bicyclic) bond motifs is 1. The number of hydrogen-bond acceptors (Lipinski definition) is 6. The molecule has 4 rings (SSSR count). The zero-order valence-electron chi connectivity index (χ0n) is 13.9. The lowest BCUT2D eigenvalue weighted by Crippen LogP contribution is -2.47. The summed E-state index contributed by atoms with van der Waals surface area (Å²) in [7, 11) is 0. The van der Waals surface area contributed by atoms with Gasteiger partial charge in [-0.3, -0.25) is 9.88 Å². The van der Waals surface area contributed by atoms with Crippen molar-refractivity contribution in [3.05, 3.63) is 42.9 Å². The molecule has 0 saturated carbocycles. The zero-order valence-corrected chi connectivity index (χ0v) is 13.9. The fraction of sp³-hybridized carbons (Fsp3) is 0.444. The van der Waals surface area contributed by atoms with E-state index in [2.05, 4.69) is 54.2 Å². The van der Waals surface area contributed by atoms with E-state index in [1.54, 1.807) is 12.4 Å². The number of aromatic nitrogens is 2. The van der Waals surface area contributed by atoms with Crippen LogP contribution in [0.4, 0.5) is 17.2 Å². The van der Waals surface area contributed by atoms with E-state index in [1.165, 1.54) is 17.8 Å². The maximum Gasteiger partial charge on any atom is 0.147 e. The van der Waals surface area contributed by atoms with Crippen LogP contribution in [0, 0.1) is 0 Å². The summed E-state index contributed by atoms with van der Waals surface area (Å²) >= 11 is 0. The van der Waals surface area contributed by atoms with Crippen molar-refractivity contribution in [1.29, 1.82) is 0 Å². The number of anilines is 3. The quantitative estimate of drug-likeness (QED) is 0.906. The molecule has 1 N–H and O–H groups in total. The first-order valence-electron chi connectivity index (χ1n) is 8.71. The Hall–Kier alpha value is -2.34. The number of para-hydroxylation sites is 2. The molecule has 0 atom stereocenters. The predicted molar refractivity (Wildman–Crippen MR) is 97.6 cm³/mol. The standard InChI is InChI=1S/C18H24N6/c1-2-5-17-16(4-1)21-15-24(17)9-3-8-22-10-12-23(13-11-22)18-14-19-6-7-20-18/h1-2,4-7,14,21H,3,8-13,15H2. The fourth-order valence-corrected chi connectivity index (χ4v) is 3.50. The van der Waals surface area contributed by atoms with Gasteiger partial charge in [0, 0.05) is 45.1 Å². The molecule has 0 aliphatic carbocycles. The van der Waals surface area contributed by atoms with E-state index >= 15 is 0 Å². The van der Waals surface area contributed by atoms with E-state index in [4.69, 9.17) is 0 Å². The van der Waals surface area contributed by atoms with E-state index in [-0.39, 0.29) is 0 Å². The average molecular weight is 324 g/mol. The summed E-state index contributed by atoms with van der Waals surface area (Å²) in [6.45, 7) is 7.47. The highest BCUT2D eigenvalue weighted by Crippen LogP contribution is 2.30. The summed E-state index contributed by atoms with van der Waals surface area (Å²) in [5, 5.41) is 3.46. The normalized spacial score (nSPS) is 17.7. The van der Waals surface area contributed by atoms with Gasteiger partial charge in [0.05, 0.1) is 24.2 Å². The average Bonchev–Trinajstić information content (AvgIpc) is 3.06. The molecule has 0 bridgehead atoms. The Morgan fingerprint density at radius 1 is 1.00 bits per heavy atom. The van der Waals surface area contributed by atoms with Gasteiger partial charge in [0.25, 0.3) is 0 Å². The van der Waals surface area contributed by atoms with E-state index in [1.807, 2.05) is 6.20 Å². The van der Waals surface area contributed by atoms with Crippen LogP contribution >= 0.6 is 0 Å². The van der Waals surface area contributed by atoms with Crippen LogP contribution in [-0.2, 0) is 0 Å². The molecule has 6 nitrogen and oxygen atoms in total. The molecule has 1 aromatic heterocycles. The van der Waals surface area contributed by atoms with Crippen molar-refractivity contribution in [2.24, 2.45) is 0 Å². The lowest BCUT2D eigenvalue weighted by atomic mass is 10.2. The van der Waals surface area contributed by atoms with Crippen LogP contribution in [-0.4, -0.2) is 60.8 Å². The number of nitrogens with one attached hydrogen (secondary N) is 1. The van der Waals surface area contributed by atoms with Crippen molar-refractivity contribution in [3.8, 4) is 0 Å². The van der Waals surface area contributed by atoms with Gasteiger partial charge in [-0.2, -0.15) is 0 Å². The van der Waals surface area contributed by atoms with Crippen LogP contribution in [0.3, 0.4) is 0 Å². The minimum Gasteiger partial charge on any atom is -0.366 e. The zero-order chi connectivity index (χ0) is 16.2. The number of nitrogens with zero attached hydrogens (tertiary/aromatic N) is 5. The van der Waals surface area contributed by atoms with Crippen molar-refractivity contribution in [2.75, 3.05) is 61.1 Å². The van der Waals surface area contributed by atoms with Gasteiger partial charge in [0.15, 0.2) is 0 Å². The number of piperazine rings is 1. The molecule has 1 fully saturated rings. The molecule has 0 amide bonds. The molecule has 2 aliphatic rings. The van der Waals surface area contributed by atoms with E-state index < -0.39 is 0 Å². The maximum absolute atomic E-state index is 4.39. The highest BCUT2D eigenvalue weighted by molar-refractivity contribution is 5.74. The van der Waals surface area contributed by atoms with Crippen LogP contribution in [0.15, 0.2) is 42.9 Å². The molecule has 6 heteroatoms. The third-order valence-electron chi connectivity index (χ3n) is 4.85. The summed E-state index contributed by atoms with van der Waals surface area (Å²) in [6, 6.07) is 8.56. The second kappa shape index (κ2) is 7.05. The van der Waals surface area contributed by atoms with Crippen LogP contribution in [0.1, 0.15) is 6.42 Å². The molecule has 1 saturated heterocycles. The Morgan fingerprint density at radius 2 is 1.88 bits per heavy atom. The third-order valence-corrected chi connectivity index (χ3v) is 4.85. The first-order valence-corrected chi connectivity index (χ1v) is 8.71. The van der Waals surface area contributed by atoms with Crippen LogP contribution in [0.2, 0.25) is 0 Å². The topological polar surface area (TPSA) is 47.5 Å². The SMILES string of the molecule is c1ccc2c(c1)NCN2CCCN1CCN(c2cnccn2)CC1. The van der Waals surface area contributed by atoms with E-state index in [9.17, 15) is 0 Å². The fourth-order valence-electron chi connectivity index (χ4n) is 3.50. The maximum atomic E-state index is 4.39. The molecule has 2 aliphatic heterocycles. The predicted octanol–water partition coefficient (Wildman–Crippen LogP) is 1.88. The van der Waals surface area contributed by atoms with Gasteiger partial charge in [-0.15, -0.1) is 0 Å². The van der Waals surface area contributed by atoms with Crippen LogP contribution in [0.25, 0.3) is 0 Å². The first-order chi connectivity index (χ1) is 11.9. The van der Waals surface area contributed by atoms with Crippen molar-refractivity contribution < 1.29 is 0 Å². The molecule has 1 aromatic carbocycles. The molecule has 0 radical (unpaired) electrons. The van der Waals surface area contributed by atoms with Crippen molar-refractivity contribution in [3.63, 3.8) is 0 Å². The Labute approximate surface area is 143 Å². The summed E-state index contributed by atoms with van der Waals surface area (Å²) in [4.78, 5) is 15.9. The summed E-state index contributed by atoms with van der Waals surface area (Å²) in [6.07, 6.45) is 6.55.